The van der Waals surface area contributed by atoms with Gasteiger partial charge in [-0.05, 0) is 31.2 Å². The Bertz CT molecular complexity index is 712. The van der Waals surface area contributed by atoms with E-state index < -0.39 is 0 Å². The van der Waals surface area contributed by atoms with Gasteiger partial charge >= 0.3 is 0 Å². The Kier molecular flexibility index (Phi) is 5.84. The molecule has 0 bridgehead atoms. The number of rotatable bonds is 6. The minimum absolute atomic E-state index is 0.141. The van der Waals surface area contributed by atoms with Gasteiger partial charge in [-0.25, -0.2) is 4.98 Å². The lowest BCUT2D eigenvalue weighted by Gasteiger charge is -2.10. The highest BCUT2D eigenvalue weighted by molar-refractivity contribution is 7.09. The third-order valence-corrected chi connectivity index (χ3v) is 4.09. The molecule has 1 heterocycles. The fraction of sp³-hybridized carbons (Fsp3) is 0.312. The van der Waals surface area contributed by atoms with Crippen LogP contribution in [0.2, 0.25) is 0 Å². The Morgan fingerprint density at radius 3 is 2.78 bits per heavy atom. The molecule has 23 heavy (non-hydrogen) atoms. The van der Waals surface area contributed by atoms with E-state index in [4.69, 9.17) is 5.73 Å². The van der Waals surface area contributed by atoms with Crippen molar-refractivity contribution >= 4 is 34.5 Å². The van der Waals surface area contributed by atoms with Crippen LogP contribution in [0.15, 0.2) is 23.6 Å². The molecule has 0 spiro atoms. The maximum absolute atomic E-state index is 12.2. The molecule has 0 aliphatic carbocycles. The summed E-state index contributed by atoms with van der Waals surface area (Å²) in [5, 5.41) is 8.39. The second kappa shape index (κ2) is 7.85. The van der Waals surface area contributed by atoms with Gasteiger partial charge in [0.05, 0.1) is 17.1 Å². The summed E-state index contributed by atoms with van der Waals surface area (Å²) in [6.45, 7) is 3.89. The number of hydrogen-bond donors (Lipinski definition) is 3. The summed E-state index contributed by atoms with van der Waals surface area (Å²) in [5.41, 5.74) is 8.49. The predicted molar refractivity (Wildman–Crippen MR) is 92.7 cm³/mol. The Hall–Kier alpha value is -2.25. The molecular formula is C16H20N4O2S. The van der Waals surface area contributed by atoms with Crippen LogP contribution in [0, 0.1) is 6.92 Å². The van der Waals surface area contributed by atoms with Crippen LogP contribution in [0.5, 0.6) is 0 Å². The lowest BCUT2D eigenvalue weighted by Crippen LogP contribution is -2.16. The van der Waals surface area contributed by atoms with Crippen molar-refractivity contribution in [3.63, 3.8) is 0 Å². The molecule has 2 amide bonds. The smallest absolute Gasteiger partial charge is 0.230 e. The molecule has 0 aliphatic heterocycles. The minimum Gasteiger partial charge on any atom is -0.330 e. The predicted octanol–water partition coefficient (Wildman–Crippen LogP) is 2.09. The van der Waals surface area contributed by atoms with Crippen molar-refractivity contribution < 1.29 is 9.59 Å². The van der Waals surface area contributed by atoms with Crippen molar-refractivity contribution in [2.45, 2.75) is 26.7 Å². The van der Waals surface area contributed by atoms with Gasteiger partial charge in [-0.1, -0.05) is 6.07 Å². The van der Waals surface area contributed by atoms with E-state index in [-0.39, 0.29) is 18.2 Å². The first-order chi connectivity index (χ1) is 11.0. The van der Waals surface area contributed by atoms with Crippen LogP contribution in [0.1, 0.15) is 23.2 Å². The molecule has 1 aromatic carbocycles. The van der Waals surface area contributed by atoms with Crippen molar-refractivity contribution in [2.24, 2.45) is 5.73 Å². The van der Waals surface area contributed by atoms with Gasteiger partial charge in [-0.15, -0.1) is 11.3 Å². The average Bonchev–Trinajstić information content (AvgIpc) is 2.89. The lowest BCUT2D eigenvalue weighted by molar-refractivity contribution is -0.116. The number of anilines is 2. The van der Waals surface area contributed by atoms with Crippen LogP contribution in [-0.4, -0.2) is 23.3 Å². The largest absolute Gasteiger partial charge is 0.330 e. The van der Waals surface area contributed by atoms with Crippen molar-refractivity contribution in [1.29, 1.82) is 0 Å². The van der Waals surface area contributed by atoms with Gasteiger partial charge in [0.2, 0.25) is 11.8 Å². The number of thiazole rings is 1. The van der Waals surface area contributed by atoms with E-state index in [0.29, 0.717) is 17.9 Å². The van der Waals surface area contributed by atoms with Gasteiger partial charge < -0.3 is 16.4 Å². The molecule has 0 atom stereocenters. The summed E-state index contributed by atoms with van der Waals surface area (Å²) in [5.74, 6) is -0.293. The number of nitrogens with zero attached hydrogens (tertiary/aromatic N) is 1. The molecule has 2 rings (SSSR count). The Morgan fingerprint density at radius 2 is 2.09 bits per heavy atom. The monoisotopic (exact) mass is 332 g/mol. The Labute approximate surface area is 139 Å². The number of nitrogens with one attached hydrogen (secondary N) is 2. The highest BCUT2D eigenvalue weighted by Crippen LogP contribution is 2.21. The van der Waals surface area contributed by atoms with Crippen LogP contribution in [-0.2, 0) is 22.4 Å². The zero-order valence-corrected chi connectivity index (χ0v) is 14.0. The SMILES string of the molecule is CC(=O)Nc1ccc(C)c(NC(=O)Cc2csc(CCN)n2)c1. The number of amides is 2. The molecular weight excluding hydrogens is 312 g/mol. The first kappa shape index (κ1) is 17.1. The molecule has 0 unspecified atom stereocenters. The van der Waals surface area contributed by atoms with E-state index >= 15 is 0 Å². The van der Waals surface area contributed by atoms with E-state index in [1.807, 2.05) is 18.4 Å². The summed E-state index contributed by atoms with van der Waals surface area (Å²) in [6.07, 6.45) is 0.940. The number of nitrogens with two attached hydrogens (primary N) is 1. The van der Waals surface area contributed by atoms with Gasteiger partial charge in [-0.2, -0.15) is 0 Å². The Morgan fingerprint density at radius 1 is 1.30 bits per heavy atom. The molecule has 0 aliphatic rings. The molecule has 2 aromatic rings. The maximum Gasteiger partial charge on any atom is 0.230 e. The van der Waals surface area contributed by atoms with Crippen LogP contribution < -0.4 is 16.4 Å². The number of carbonyl (C=O) groups excluding carboxylic acids is 2. The third-order valence-electron chi connectivity index (χ3n) is 3.13. The average molecular weight is 332 g/mol. The maximum atomic E-state index is 12.2. The van der Waals surface area contributed by atoms with Gasteiger partial charge in [0.15, 0.2) is 0 Å². The molecule has 122 valence electrons. The zero-order chi connectivity index (χ0) is 16.8. The minimum atomic E-state index is -0.152. The molecule has 0 radical (unpaired) electrons. The zero-order valence-electron chi connectivity index (χ0n) is 13.2. The van der Waals surface area contributed by atoms with E-state index in [1.165, 1.54) is 18.3 Å². The number of carbonyl (C=O) groups is 2. The summed E-state index contributed by atoms with van der Waals surface area (Å²) in [6, 6.07) is 5.39. The first-order valence-corrected chi connectivity index (χ1v) is 8.17. The molecule has 7 heteroatoms. The Balaban J connectivity index is 2.02. The lowest BCUT2D eigenvalue weighted by atomic mass is 10.1. The standard InChI is InChI=1S/C16H20N4O2S/c1-10-3-4-12(18-11(2)21)7-14(10)20-15(22)8-13-9-23-16(19-13)5-6-17/h3-4,7,9H,5-6,8,17H2,1-2H3,(H,18,21)(H,20,22). The summed E-state index contributed by atoms with van der Waals surface area (Å²) >= 11 is 1.52. The van der Waals surface area contributed by atoms with Crippen LogP contribution in [0.4, 0.5) is 11.4 Å². The second-order valence-corrected chi connectivity index (χ2v) is 6.15. The van der Waals surface area contributed by atoms with Crippen LogP contribution in [0.3, 0.4) is 0 Å². The first-order valence-electron chi connectivity index (χ1n) is 7.29. The van der Waals surface area contributed by atoms with E-state index in [9.17, 15) is 9.59 Å². The van der Waals surface area contributed by atoms with Gasteiger partial charge in [0, 0.05) is 30.1 Å². The molecule has 0 saturated carbocycles. The second-order valence-electron chi connectivity index (χ2n) is 5.21. The number of aryl methyl sites for hydroxylation is 1. The van der Waals surface area contributed by atoms with Crippen LogP contribution in [0.25, 0.3) is 0 Å². The van der Waals surface area contributed by atoms with Crippen molar-refractivity contribution in [3.05, 3.63) is 39.8 Å². The topological polar surface area (TPSA) is 97.1 Å². The fourth-order valence-electron chi connectivity index (χ4n) is 2.07. The van der Waals surface area contributed by atoms with Crippen LogP contribution >= 0.6 is 11.3 Å². The van der Waals surface area contributed by atoms with Crippen molar-refractivity contribution in [1.82, 2.24) is 4.98 Å². The quantitative estimate of drug-likeness (QED) is 0.754. The highest BCUT2D eigenvalue weighted by Gasteiger charge is 2.10. The molecule has 4 N–H and O–H groups in total. The van der Waals surface area contributed by atoms with E-state index in [1.54, 1.807) is 12.1 Å². The summed E-state index contributed by atoms with van der Waals surface area (Å²) < 4.78 is 0. The summed E-state index contributed by atoms with van der Waals surface area (Å²) in [7, 11) is 0. The van der Waals surface area contributed by atoms with Crippen molar-refractivity contribution in [2.75, 3.05) is 17.2 Å². The number of hydrogen-bond acceptors (Lipinski definition) is 5. The van der Waals surface area contributed by atoms with Gasteiger partial charge in [0.1, 0.15) is 0 Å². The van der Waals surface area contributed by atoms with Gasteiger partial charge in [-0.3, -0.25) is 9.59 Å². The normalized spacial score (nSPS) is 10.4. The van der Waals surface area contributed by atoms with E-state index in [2.05, 4.69) is 15.6 Å². The summed E-state index contributed by atoms with van der Waals surface area (Å²) in [4.78, 5) is 27.7. The van der Waals surface area contributed by atoms with Crippen molar-refractivity contribution in [3.8, 4) is 0 Å². The molecule has 1 aromatic heterocycles. The van der Waals surface area contributed by atoms with Gasteiger partial charge in [0.25, 0.3) is 0 Å². The van der Waals surface area contributed by atoms with E-state index in [0.717, 1.165) is 22.7 Å². The third kappa shape index (κ3) is 5.15. The molecule has 0 fully saturated rings. The fourth-order valence-corrected chi connectivity index (χ4v) is 2.88. The molecule has 0 saturated heterocycles. The number of aromatic nitrogens is 1. The number of benzene rings is 1. The molecule has 6 nitrogen and oxygen atoms in total. The highest BCUT2D eigenvalue weighted by atomic mass is 32.1.